The third kappa shape index (κ3) is 4.29. The van der Waals surface area contributed by atoms with E-state index in [0.29, 0.717) is 30.7 Å². The van der Waals surface area contributed by atoms with Crippen LogP contribution in [0.25, 0.3) is 11.1 Å². The Kier molecular flexibility index (Phi) is 5.75. The highest BCUT2D eigenvalue weighted by molar-refractivity contribution is 5.74. The van der Waals surface area contributed by atoms with E-state index in [4.69, 9.17) is 14.9 Å². The van der Waals surface area contributed by atoms with Gasteiger partial charge in [-0.3, -0.25) is 0 Å². The van der Waals surface area contributed by atoms with Crippen LogP contribution in [0.1, 0.15) is 32.1 Å². The molecule has 2 rings (SSSR count). The van der Waals surface area contributed by atoms with Crippen LogP contribution in [0, 0.1) is 0 Å². The zero-order valence-electron chi connectivity index (χ0n) is 12.3. The summed E-state index contributed by atoms with van der Waals surface area (Å²) in [7, 11) is 0. The zero-order valence-corrected chi connectivity index (χ0v) is 12.3. The minimum absolute atomic E-state index is 0.210. The van der Waals surface area contributed by atoms with Gasteiger partial charge in [-0.2, -0.15) is 0 Å². The average molecular weight is 292 g/mol. The van der Waals surface area contributed by atoms with E-state index in [-0.39, 0.29) is 6.54 Å². The first-order chi connectivity index (χ1) is 10.3. The number of hydrogen-bond acceptors (Lipinski definition) is 4. The maximum absolute atomic E-state index is 12.4. The maximum Gasteiger partial charge on any atom is 0.195 e. The molecular formula is C16H21FN2O2. The minimum atomic E-state index is 0.210. The summed E-state index contributed by atoms with van der Waals surface area (Å²) in [6.45, 7) is 2.73. The van der Waals surface area contributed by atoms with Gasteiger partial charge in [-0.1, -0.05) is 13.3 Å². The molecular weight excluding hydrogens is 271 g/mol. The second kappa shape index (κ2) is 7.78. The van der Waals surface area contributed by atoms with Crippen molar-refractivity contribution in [1.82, 2.24) is 4.98 Å². The summed E-state index contributed by atoms with van der Waals surface area (Å²) in [5, 5.41) is 0. The number of oxazole rings is 1. The van der Waals surface area contributed by atoms with Gasteiger partial charge in [0.1, 0.15) is 11.3 Å². The van der Waals surface area contributed by atoms with E-state index in [1.165, 1.54) is 0 Å². The SMILES string of the molecule is CCCCc1nc2ccc(OCCC(=CF)CN)cc2o1. The molecule has 1 aromatic heterocycles. The Labute approximate surface area is 123 Å². The topological polar surface area (TPSA) is 61.3 Å². The van der Waals surface area contributed by atoms with Crippen molar-refractivity contribution < 1.29 is 13.5 Å². The number of nitrogens with two attached hydrogens (primary N) is 1. The number of aromatic nitrogens is 1. The summed E-state index contributed by atoms with van der Waals surface area (Å²) in [6, 6.07) is 5.53. The lowest BCUT2D eigenvalue weighted by Crippen LogP contribution is -2.07. The molecule has 0 amide bonds. The van der Waals surface area contributed by atoms with Gasteiger partial charge in [-0.15, -0.1) is 0 Å². The highest BCUT2D eigenvalue weighted by Crippen LogP contribution is 2.22. The molecule has 0 fully saturated rings. The number of halogens is 1. The van der Waals surface area contributed by atoms with Crippen molar-refractivity contribution in [3.05, 3.63) is 36.0 Å². The van der Waals surface area contributed by atoms with Crippen LogP contribution in [0.3, 0.4) is 0 Å². The average Bonchev–Trinajstić information content (AvgIpc) is 2.91. The van der Waals surface area contributed by atoms with Crippen LogP contribution in [-0.4, -0.2) is 18.1 Å². The molecule has 1 heterocycles. The standard InChI is InChI=1S/C16H21FN2O2/c1-2-3-4-16-19-14-6-5-13(9-15(14)21-16)20-8-7-12(10-17)11-18/h5-6,9-10H,2-4,7-8,11,18H2,1H3. The number of hydrogen-bond donors (Lipinski definition) is 1. The number of nitrogens with zero attached hydrogens (tertiary/aromatic N) is 1. The molecule has 5 heteroatoms. The summed E-state index contributed by atoms with van der Waals surface area (Å²) >= 11 is 0. The fraction of sp³-hybridized carbons (Fsp3) is 0.438. The van der Waals surface area contributed by atoms with Gasteiger partial charge in [0, 0.05) is 25.5 Å². The van der Waals surface area contributed by atoms with Crippen molar-refractivity contribution in [2.75, 3.05) is 13.2 Å². The second-order valence-electron chi connectivity index (χ2n) is 4.91. The first-order valence-electron chi connectivity index (χ1n) is 7.27. The van der Waals surface area contributed by atoms with E-state index in [2.05, 4.69) is 11.9 Å². The Morgan fingerprint density at radius 2 is 2.33 bits per heavy atom. The molecule has 4 nitrogen and oxygen atoms in total. The maximum atomic E-state index is 12.4. The van der Waals surface area contributed by atoms with Crippen molar-refractivity contribution in [3.8, 4) is 5.75 Å². The molecule has 2 aromatic rings. The molecule has 2 N–H and O–H groups in total. The predicted octanol–water partition coefficient (Wildman–Crippen LogP) is 3.75. The number of ether oxygens (including phenoxy) is 1. The van der Waals surface area contributed by atoms with Crippen LogP contribution in [0.4, 0.5) is 4.39 Å². The highest BCUT2D eigenvalue weighted by Gasteiger charge is 2.07. The zero-order chi connectivity index (χ0) is 15.1. The first-order valence-corrected chi connectivity index (χ1v) is 7.27. The van der Waals surface area contributed by atoms with Gasteiger partial charge in [-0.25, -0.2) is 9.37 Å². The molecule has 0 unspecified atom stereocenters. The van der Waals surface area contributed by atoms with Gasteiger partial charge < -0.3 is 14.9 Å². The van der Waals surface area contributed by atoms with Crippen LogP contribution in [0.5, 0.6) is 5.75 Å². The summed E-state index contributed by atoms with van der Waals surface area (Å²) in [5.74, 6) is 1.45. The van der Waals surface area contributed by atoms with Gasteiger partial charge in [0.15, 0.2) is 11.5 Å². The van der Waals surface area contributed by atoms with E-state index < -0.39 is 0 Å². The number of aryl methyl sites for hydroxylation is 1. The molecule has 0 atom stereocenters. The Bertz CT molecular complexity index is 607. The monoisotopic (exact) mass is 292 g/mol. The molecule has 0 bridgehead atoms. The molecule has 0 aliphatic heterocycles. The normalized spacial score (nSPS) is 12.0. The largest absolute Gasteiger partial charge is 0.493 e. The van der Waals surface area contributed by atoms with Crippen molar-refractivity contribution >= 4 is 11.1 Å². The Morgan fingerprint density at radius 1 is 1.48 bits per heavy atom. The van der Waals surface area contributed by atoms with Crippen molar-refractivity contribution in [2.24, 2.45) is 5.73 Å². The van der Waals surface area contributed by atoms with Crippen molar-refractivity contribution in [1.29, 1.82) is 0 Å². The third-order valence-electron chi connectivity index (χ3n) is 3.26. The molecule has 1 aromatic carbocycles. The lowest BCUT2D eigenvalue weighted by molar-refractivity contribution is 0.320. The van der Waals surface area contributed by atoms with Crippen molar-refractivity contribution in [3.63, 3.8) is 0 Å². The quantitative estimate of drug-likeness (QED) is 0.805. The van der Waals surface area contributed by atoms with Crippen LogP contribution < -0.4 is 10.5 Å². The predicted molar refractivity (Wildman–Crippen MR) is 81.0 cm³/mol. The first kappa shape index (κ1) is 15.5. The molecule has 0 radical (unpaired) electrons. The lowest BCUT2D eigenvalue weighted by Gasteiger charge is -2.06. The summed E-state index contributed by atoms with van der Waals surface area (Å²) in [4.78, 5) is 4.43. The van der Waals surface area contributed by atoms with E-state index in [9.17, 15) is 4.39 Å². The molecule has 114 valence electrons. The Balaban J connectivity index is 1.98. The third-order valence-corrected chi connectivity index (χ3v) is 3.26. The van der Waals surface area contributed by atoms with Crippen molar-refractivity contribution in [2.45, 2.75) is 32.6 Å². The van der Waals surface area contributed by atoms with Crippen LogP contribution in [-0.2, 0) is 6.42 Å². The van der Waals surface area contributed by atoms with Gasteiger partial charge in [0.25, 0.3) is 0 Å². The minimum Gasteiger partial charge on any atom is -0.493 e. The summed E-state index contributed by atoms with van der Waals surface area (Å²) < 4.78 is 23.7. The fourth-order valence-electron chi connectivity index (χ4n) is 1.98. The van der Waals surface area contributed by atoms with Gasteiger partial charge in [0.2, 0.25) is 0 Å². The molecule has 0 aliphatic carbocycles. The number of rotatable bonds is 8. The van der Waals surface area contributed by atoms with E-state index in [0.717, 1.165) is 36.3 Å². The molecule has 21 heavy (non-hydrogen) atoms. The molecule has 0 saturated carbocycles. The van der Waals surface area contributed by atoms with E-state index >= 15 is 0 Å². The van der Waals surface area contributed by atoms with E-state index in [1.807, 2.05) is 18.2 Å². The second-order valence-corrected chi connectivity index (χ2v) is 4.91. The van der Waals surface area contributed by atoms with Crippen LogP contribution in [0.2, 0.25) is 0 Å². The number of fused-ring (bicyclic) bond motifs is 1. The smallest absolute Gasteiger partial charge is 0.195 e. The number of unbranched alkanes of at least 4 members (excludes halogenated alkanes) is 1. The number of benzene rings is 1. The lowest BCUT2D eigenvalue weighted by atomic mass is 10.2. The van der Waals surface area contributed by atoms with Gasteiger partial charge in [-0.05, 0) is 24.1 Å². The molecule has 0 saturated heterocycles. The summed E-state index contributed by atoms with van der Waals surface area (Å²) in [6.07, 6.45) is 4.04. The Morgan fingerprint density at radius 3 is 3.05 bits per heavy atom. The van der Waals surface area contributed by atoms with Crippen LogP contribution in [0.15, 0.2) is 34.5 Å². The van der Waals surface area contributed by atoms with E-state index in [1.54, 1.807) is 0 Å². The Hall–Kier alpha value is -1.88. The van der Waals surface area contributed by atoms with Crippen LogP contribution >= 0.6 is 0 Å². The molecule has 0 spiro atoms. The fourth-order valence-corrected chi connectivity index (χ4v) is 1.98. The summed E-state index contributed by atoms with van der Waals surface area (Å²) in [5.41, 5.74) is 7.49. The highest BCUT2D eigenvalue weighted by atomic mass is 19.1. The molecule has 0 aliphatic rings. The van der Waals surface area contributed by atoms with Gasteiger partial charge >= 0.3 is 0 Å². The van der Waals surface area contributed by atoms with Gasteiger partial charge in [0.05, 0.1) is 12.9 Å².